The van der Waals surface area contributed by atoms with E-state index in [2.05, 4.69) is 30.3 Å². The molecule has 0 amide bonds. The van der Waals surface area contributed by atoms with Crippen molar-refractivity contribution in [3.05, 3.63) is 158 Å². The summed E-state index contributed by atoms with van der Waals surface area (Å²) in [7, 11) is 0. The predicted octanol–water partition coefficient (Wildman–Crippen LogP) is 12.0. The minimum atomic E-state index is -0.476. The quantitative estimate of drug-likeness (QED) is 0.198. The van der Waals surface area contributed by atoms with Crippen LogP contribution in [0.4, 0.5) is 0 Å². The van der Waals surface area contributed by atoms with Gasteiger partial charge in [0.05, 0.1) is 9.60 Å². The highest BCUT2D eigenvalue weighted by Crippen LogP contribution is 2.48. The molecular formula is C42H26O. The molecule has 43 heavy (non-hydrogen) atoms. The third-order valence-electron chi connectivity index (χ3n) is 8.37. The third-order valence-corrected chi connectivity index (χ3v) is 8.37. The van der Waals surface area contributed by atoms with Gasteiger partial charge in [0.2, 0.25) is 0 Å². The van der Waals surface area contributed by atoms with Gasteiger partial charge in [-0.1, -0.05) is 139 Å². The summed E-state index contributed by atoms with van der Waals surface area (Å²) in [5, 5.41) is 5.20. The molecule has 1 heteroatoms. The molecule has 200 valence electrons. The van der Waals surface area contributed by atoms with Crippen molar-refractivity contribution in [1.82, 2.24) is 0 Å². The van der Waals surface area contributed by atoms with Gasteiger partial charge in [-0.05, 0) is 83.9 Å². The zero-order valence-corrected chi connectivity index (χ0v) is 22.9. The van der Waals surface area contributed by atoms with Crippen LogP contribution in [0.5, 0.6) is 0 Å². The first kappa shape index (κ1) is 18.0. The van der Waals surface area contributed by atoms with E-state index in [0.717, 1.165) is 65.7 Å². The number of para-hydroxylation sites is 1. The molecule has 0 aliphatic rings. The fourth-order valence-electron chi connectivity index (χ4n) is 6.53. The van der Waals surface area contributed by atoms with Gasteiger partial charge in [-0.3, -0.25) is 0 Å². The lowest BCUT2D eigenvalue weighted by molar-refractivity contribution is 0.669. The normalized spacial score (nSPS) is 14.0. The highest BCUT2D eigenvalue weighted by molar-refractivity contribution is 6.27. The summed E-state index contributed by atoms with van der Waals surface area (Å²) in [5.41, 5.74) is 6.15. The Labute approximate surface area is 259 Å². The highest BCUT2D eigenvalue weighted by atomic mass is 16.3. The highest BCUT2D eigenvalue weighted by Gasteiger charge is 2.21. The first-order valence-corrected chi connectivity index (χ1v) is 14.2. The molecule has 0 saturated carbocycles. The van der Waals surface area contributed by atoms with Crippen LogP contribution in [0.2, 0.25) is 0 Å². The molecule has 1 heterocycles. The fraction of sp³-hybridized carbons (Fsp3) is 0. The van der Waals surface area contributed by atoms with Gasteiger partial charge in [0, 0.05) is 10.8 Å². The van der Waals surface area contributed by atoms with Crippen molar-refractivity contribution in [1.29, 1.82) is 0 Å². The number of benzene rings is 8. The van der Waals surface area contributed by atoms with Crippen LogP contribution in [0, 0.1) is 0 Å². The number of fused-ring (bicyclic) bond motifs is 6. The largest absolute Gasteiger partial charge is 0.456 e. The maximum atomic E-state index is 9.34. The van der Waals surface area contributed by atoms with Gasteiger partial charge in [0.1, 0.15) is 11.2 Å². The number of furan rings is 1. The lowest BCUT2D eigenvalue weighted by Crippen LogP contribution is -1.93. The maximum absolute atomic E-state index is 9.34. The second-order valence-electron chi connectivity index (χ2n) is 10.7. The lowest BCUT2D eigenvalue weighted by Gasteiger charge is -2.20. The summed E-state index contributed by atoms with van der Waals surface area (Å²) in [6.45, 7) is 0. The third kappa shape index (κ3) is 3.65. The van der Waals surface area contributed by atoms with Gasteiger partial charge >= 0.3 is 0 Å². The molecule has 0 atom stereocenters. The lowest BCUT2D eigenvalue weighted by atomic mass is 9.83. The fourth-order valence-corrected chi connectivity index (χ4v) is 6.53. The van der Waals surface area contributed by atoms with Gasteiger partial charge in [-0.25, -0.2) is 0 Å². The van der Waals surface area contributed by atoms with E-state index in [4.69, 9.17) is 12.6 Å². The van der Waals surface area contributed by atoms with Gasteiger partial charge in [0.25, 0.3) is 0 Å². The summed E-state index contributed by atoms with van der Waals surface area (Å²) < 4.78 is 68.1. The molecule has 0 aliphatic heterocycles. The summed E-state index contributed by atoms with van der Waals surface area (Å²) in [5.74, 6) is 0. The Kier molecular flexibility index (Phi) is 3.95. The first-order valence-electron chi connectivity index (χ1n) is 17.7. The Hall–Kier alpha value is -5.66. The van der Waals surface area contributed by atoms with Crippen molar-refractivity contribution in [3.63, 3.8) is 0 Å². The van der Waals surface area contributed by atoms with E-state index in [1.807, 2.05) is 84.9 Å². The molecule has 0 radical (unpaired) electrons. The van der Waals surface area contributed by atoms with Crippen LogP contribution in [0.3, 0.4) is 0 Å². The van der Waals surface area contributed by atoms with Gasteiger partial charge < -0.3 is 4.42 Å². The Balaban J connectivity index is 1.54. The van der Waals surface area contributed by atoms with E-state index in [-0.39, 0.29) is 28.4 Å². The van der Waals surface area contributed by atoms with Crippen LogP contribution in [0.15, 0.2) is 162 Å². The Morgan fingerprint density at radius 1 is 0.419 bits per heavy atom. The average molecular weight is 554 g/mol. The van der Waals surface area contributed by atoms with Gasteiger partial charge in [0.15, 0.2) is 0 Å². The van der Waals surface area contributed by atoms with Crippen LogP contribution < -0.4 is 0 Å². The van der Waals surface area contributed by atoms with Crippen molar-refractivity contribution >= 4 is 54.3 Å². The van der Waals surface area contributed by atoms with Crippen molar-refractivity contribution in [2.24, 2.45) is 0 Å². The summed E-state index contributed by atoms with van der Waals surface area (Å²) >= 11 is 0. The van der Waals surface area contributed by atoms with E-state index in [9.17, 15) is 1.37 Å². The number of rotatable bonds is 3. The van der Waals surface area contributed by atoms with Crippen molar-refractivity contribution in [2.75, 3.05) is 0 Å². The standard InChI is InChI=1S/C42H26O/c1-2-12-27(13-3-1)29-24-25-34-37(26-29)41(31-20-10-15-28-14-4-5-16-30(28)31)33-18-7-6-17-32(33)40(34)36-21-11-23-39-42(36)35-19-8-9-22-38(35)43-39/h1-26H/i4D,5D,10D,14D,15D,16D,20D. The molecule has 0 saturated heterocycles. The molecule has 9 rings (SSSR count). The summed E-state index contributed by atoms with van der Waals surface area (Å²) in [4.78, 5) is 0. The number of hydrogen-bond donors (Lipinski definition) is 0. The molecular weight excluding hydrogens is 520 g/mol. The SMILES string of the molecule is [2H]c1c([2H])c([2H])c2c(-c3c4ccccc4c(-c4cccc5oc6ccccc6c45)c4ccc(-c5ccccc5)cc34)c([2H])c([2H])c([2H])c2c1[2H]. The van der Waals surface area contributed by atoms with Crippen molar-refractivity contribution in [3.8, 4) is 33.4 Å². The number of hydrogen-bond acceptors (Lipinski definition) is 1. The Morgan fingerprint density at radius 2 is 1.09 bits per heavy atom. The van der Waals surface area contributed by atoms with E-state index >= 15 is 0 Å². The first-order chi connectivity index (χ1) is 24.3. The van der Waals surface area contributed by atoms with Gasteiger partial charge in [-0.2, -0.15) is 0 Å². The van der Waals surface area contributed by atoms with Crippen LogP contribution in [0.25, 0.3) is 87.6 Å². The molecule has 0 N–H and O–H groups in total. The Bertz CT molecular complexity index is 2890. The molecule has 9 aromatic rings. The van der Waals surface area contributed by atoms with Crippen LogP contribution >= 0.6 is 0 Å². The molecule has 1 aromatic heterocycles. The monoisotopic (exact) mass is 553 g/mol. The molecule has 0 spiro atoms. The molecule has 0 bridgehead atoms. The molecule has 8 aromatic carbocycles. The molecule has 1 nitrogen and oxygen atoms in total. The van der Waals surface area contributed by atoms with Crippen molar-refractivity contribution < 1.29 is 14.0 Å². The van der Waals surface area contributed by atoms with E-state index in [0.29, 0.717) is 5.56 Å². The zero-order valence-electron chi connectivity index (χ0n) is 29.9. The van der Waals surface area contributed by atoms with Crippen LogP contribution in [-0.2, 0) is 0 Å². The topological polar surface area (TPSA) is 13.1 Å². The molecule has 0 fully saturated rings. The van der Waals surface area contributed by atoms with Crippen molar-refractivity contribution in [2.45, 2.75) is 0 Å². The summed E-state index contributed by atoms with van der Waals surface area (Å²) in [6.07, 6.45) is 0. The van der Waals surface area contributed by atoms with E-state index in [1.165, 1.54) is 0 Å². The minimum Gasteiger partial charge on any atom is -0.456 e. The molecule has 0 unspecified atom stereocenters. The maximum Gasteiger partial charge on any atom is 0.136 e. The Morgan fingerprint density at radius 3 is 1.95 bits per heavy atom. The van der Waals surface area contributed by atoms with Crippen LogP contribution in [0.1, 0.15) is 9.60 Å². The smallest absolute Gasteiger partial charge is 0.136 e. The average Bonchev–Trinajstić information content (AvgIpc) is 3.54. The predicted molar refractivity (Wildman–Crippen MR) is 183 cm³/mol. The second kappa shape index (κ2) is 9.44. The van der Waals surface area contributed by atoms with E-state index in [1.54, 1.807) is 0 Å². The second-order valence-corrected chi connectivity index (χ2v) is 10.7. The van der Waals surface area contributed by atoms with Crippen LogP contribution in [-0.4, -0.2) is 0 Å². The molecule has 0 aliphatic carbocycles. The van der Waals surface area contributed by atoms with Gasteiger partial charge in [-0.15, -0.1) is 0 Å². The summed E-state index contributed by atoms with van der Waals surface area (Å²) in [6, 6.07) is 35.3. The zero-order chi connectivity index (χ0) is 34.4. The minimum absolute atomic E-state index is 0.0641. The van der Waals surface area contributed by atoms with E-state index < -0.39 is 30.2 Å².